The van der Waals surface area contributed by atoms with Gasteiger partial charge in [0.05, 0.1) is 0 Å². The molecular formula is C31H49N3O2. The van der Waals surface area contributed by atoms with Crippen molar-refractivity contribution in [3.05, 3.63) is 40.6 Å². The van der Waals surface area contributed by atoms with Crippen LogP contribution in [0.15, 0.2) is 23.4 Å². The summed E-state index contributed by atoms with van der Waals surface area (Å²) in [6.07, 6.45) is 15.1. The van der Waals surface area contributed by atoms with Crippen molar-refractivity contribution in [2.75, 3.05) is 20.1 Å². The molecular weight excluding hydrogens is 446 g/mol. The molecule has 2 heterocycles. The minimum Gasteiger partial charge on any atom is -0.414 e. The maximum Gasteiger partial charge on any atom is 0.255 e. The van der Waals surface area contributed by atoms with Crippen LogP contribution in [-0.4, -0.2) is 47.4 Å². The molecule has 2 aliphatic heterocycles. The average molecular weight is 496 g/mol. The number of amides is 1. The number of unbranched alkanes of at least 4 members (excludes halogenated alkanes) is 6. The van der Waals surface area contributed by atoms with Crippen LogP contribution >= 0.6 is 0 Å². The summed E-state index contributed by atoms with van der Waals surface area (Å²) in [6.45, 7) is 14.7. The number of likely N-dealkylation sites (N-methyl/N-ethyl adjacent to an activating group) is 1. The third-order valence-electron chi connectivity index (χ3n) is 7.89. The number of amidine groups is 1. The van der Waals surface area contributed by atoms with Gasteiger partial charge in [-0.05, 0) is 66.9 Å². The first-order chi connectivity index (χ1) is 17.1. The Hall–Kier alpha value is -2.14. The molecule has 5 heteroatoms. The Kier molecular flexibility index (Phi) is 9.79. The van der Waals surface area contributed by atoms with E-state index in [2.05, 4.69) is 59.8 Å². The minimum atomic E-state index is -0.579. The smallest absolute Gasteiger partial charge is 0.255 e. The predicted octanol–water partition coefficient (Wildman–Crippen LogP) is 7.35. The molecule has 5 nitrogen and oxygen atoms in total. The monoisotopic (exact) mass is 495 g/mol. The molecule has 1 fully saturated rings. The third-order valence-corrected chi connectivity index (χ3v) is 7.89. The predicted molar refractivity (Wildman–Crippen MR) is 151 cm³/mol. The number of piperidine rings is 1. The van der Waals surface area contributed by atoms with Crippen molar-refractivity contribution in [2.45, 2.75) is 117 Å². The van der Waals surface area contributed by atoms with E-state index in [1.165, 1.54) is 60.8 Å². The van der Waals surface area contributed by atoms with Crippen molar-refractivity contribution in [3.63, 3.8) is 0 Å². The van der Waals surface area contributed by atoms with E-state index in [0.717, 1.165) is 18.7 Å². The van der Waals surface area contributed by atoms with Crippen LogP contribution in [0.1, 0.15) is 114 Å². The topological polar surface area (TPSA) is 45.1 Å². The molecule has 2 aliphatic rings. The molecule has 0 N–H and O–H groups in total. The Morgan fingerprint density at radius 1 is 1.00 bits per heavy atom. The molecule has 1 aromatic rings. The summed E-state index contributed by atoms with van der Waals surface area (Å²) in [7, 11) is 1.90. The summed E-state index contributed by atoms with van der Waals surface area (Å²) in [6, 6.07) is 4.56. The summed E-state index contributed by atoms with van der Waals surface area (Å²) in [4.78, 5) is 25.9. The standard InChI is InChI=1S/C31H49N3O2/c1-8-9-10-11-12-13-14-15-28-32-31(29(35)33(28)7)17-19-34(20-18-31)36-21-16-27-24(2)22-26(23-25(27)3)30(4,5)6/h16,21-23H,8-15,17-20H2,1-7H3/b21-16+. The highest BCUT2D eigenvalue weighted by Gasteiger charge is 2.48. The van der Waals surface area contributed by atoms with Crippen LogP contribution in [0.4, 0.5) is 0 Å². The van der Waals surface area contributed by atoms with E-state index in [4.69, 9.17) is 9.83 Å². The third kappa shape index (κ3) is 7.00. The molecule has 200 valence electrons. The summed E-state index contributed by atoms with van der Waals surface area (Å²) >= 11 is 0. The summed E-state index contributed by atoms with van der Waals surface area (Å²) in [5.41, 5.74) is 4.66. The molecule has 0 bridgehead atoms. The van der Waals surface area contributed by atoms with Gasteiger partial charge in [-0.2, -0.15) is 0 Å². The first kappa shape index (κ1) is 28.4. The number of hydrogen-bond acceptors (Lipinski definition) is 4. The van der Waals surface area contributed by atoms with Crippen LogP contribution in [0.2, 0.25) is 0 Å². The zero-order valence-corrected chi connectivity index (χ0v) is 24.0. The van der Waals surface area contributed by atoms with Crippen LogP contribution in [0.3, 0.4) is 0 Å². The second kappa shape index (κ2) is 12.4. The van der Waals surface area contributed by atoms with Crippen LogP contribution < -0.4 is 0 Å². The van der Waals surface area contributed by atoms with Crippen molar-refractivity contribution < 1.29 is 9.63 Å². The number of aliphatic imine (C=N–C) groups is 1. The van der Waals surface area contributed by atoms with Crippen molar-refractivity contribution in [1.82, 2.24) is 9.96 Å². The van der Waals surface area contributed by atoms with Gasteiger partial charge in [-0.25, -0.2) is 0 Å². The van der Waals surface area contributed by atoms with Crippen LogP contribution in [-0.2, 0) is 15.0 Å². The van der Waals surface area contributed by atoms with Gasteiger partial charge in [0.2, 0.25) is 0 Å². The lowest BCUT2D eigenvalue weighted by Gasteiger charge is -2.34. The number of hydrogen-bond donors (Lipinski definition) is 0. The summed E-state index contributed by atoms with van der Waals surface area (Å²) in [5, 5.41) is 1.97. The second-order valence-electron chi connectivity index (χ2n) is 11.9. The molecule has 36 heavy (non-hydrogen) atoms. The van der Waals surface area contributed by atoms with Gasteiger partial charge in [0.25, 0.3) is 5.91 Å². The summed E-state index contributed by atoms with van der Waals surface area (Å²) in [5.74, 6) is 1.15. The zero-order valence-electron chi connectivity index (χ0n) is 24.0. The number of aryl methyl sites for hydroxylation is 2. The first-order valence-electron chi connectivity index (χ1n) is 14.1. The zero-order chi connectivity index (χ0) is 26.3. The Morgan fingerprint density at radius 3 is 2.17 bits per heavy atom. The minimum absolute atomic E-state index is 0.139. The van der Waals surface area contributed by atoms with Gasteiger partial charge in [-0.3, -0.25) is 9.79 Å². The van der Waals surface area contributed by atoms with Gasteiger partial charge in [0.15, 0.2) is 0 Å². The number of benzene rings is 1. The molecule has 0 aliphatic carbocycles. The lowest BCUT2D eigenvalue weighted by Crippen LogP contribution is -2.48. The fraction of sp³-hybridized carbons (Fsp3) is 0.677. The van der Waals surface area contributed by atoms with E-state index in [-0.39, 0.29) is 11.3 Å². The van der Waals surface area contributed by atoms with Crippen LogP contribution in [0.25, 0.3) is 6.08 Å². The molecule has 1 spiro atoms. The normalized spacial score (nSPS) is 18.5. The van der Waals surface area contributed by atoms with Gasteiger partial charge < -0.3 is 9.74 Å². The van der Waals surface area contributed by atoms with E-state index >= 15 is 0 Å². The van der Waals surface area contributed by atoms with E-state index in [9.17, 15) is 4.79 Å². The van der Waals surface area contributed by atoms with Gasteiger partial charge in [-0.1, -0.05) is 78.4 Å². The molecule has 0 aromatic heterocycles. The van der Waals surface area contributed by atoms with E-state index < -0.39 is 5.54 Å². The fourth-order valence-electron chi connectivity index (χ4n) is 5.41. The second-order valence-corrected chi connectivity index (χ2v) is 11.9. The van der Waals surface area contributed by atoms with Crippen molar-refractivity contribution in [3.8, 4) is 0 Å². The number of rotatable bonds is 11. The van der Waals surface area contributed by atoms with Crippen LogP contribution in [0.5, 0.6) is 0 Å². The molecule has 0 saturated carbocycles. The number of nitrogens with zero attached hydrogens (tertiary/aromatic N) is 3. The average Bonchev–Trinajstić information content (AvgIpc) is 3.05. The number of carbonyl (C=O) groups excluding carboxylic acids is 1. The first-order valence-corrected chi connectivity index (χ1v) is 14.1. The van der Waals surface area contributed by atoms with E-state index in [1.807, 2.05) is 17.0 Å². The molecule has 3 rings (SSSR count). The van der Waals surface area contributed by atoms with E-state index in [1.54, 1.807) is 6.26 Å². The maximum atomic E-state index is 13.1. The van der Waals surface area contributed by atoms with Gasteiger partial charge in [0, 0.05) is 26.6 Å². The SMILES string of the molecule is CCCCCCCCCC1=NC2(CCN(O/C=C/c3c(C)cc(C(C)(C)C)cc3C)CC2)C(=O)N1C. The number of hydroxylamine groups is 2. The highest BCUT2D eigenvalue weighted by molar-refractivity contribution is 6.08. The quantitative estimate of drug-likeness (QED) is 0.238. The Bertz CT molecular complexity index is 926. The van der Waals surface area contributed by atoms with Gasteiger partial charge in [0.1, 0.15) is 17.6 Å². The highest BCUT2D eigenvalue weighted by atomic mass is 16.7. The molecule has 0 unspecified atom stereocenters. The summed E-state index contributed by atoms with van der Waals surface area (Å²) < 4.78 is 0. The highest BCUT2D eigenvalue weighted by Crippen LogP contribution is 2.34. The molecule has 0 atom stereocenters. The molecule has 1 amide bonds. The molecule has 0 radical (unpaired) electrons. The largest absolute Gasteiger partial charge is 0.414 e. The van der Waals surface area contributed by atoms with Gasteiger partial charge >= 0.3 is 0 Å². The lowest BCUT2D eigenvalue weighted by molar-refractivity contribution is -0.144. The number of carbonyl (C=O) groups is 1. The Balaban J connectivity index is 1.50. The Morgan fingerprint density at radius 2 is 1.58 bits per heavy atom. The maximum absolute atomic E-state index is 13.1. The molecule has 1 saturated heterocycles. The van der Waals surface area contributed by atoms with Crippen molar-refractivity contribution >= 4 is 17.8 Å². The van der Waals surface area contributed by atoms with Crippen LogP contribution in [0, 0.1) is 13.8 Å². The lowest BCUT2D eigenvalue weighted by atomic mass is 9.84. The van der Waals surface area contributed by atoms with Crippen molar-refractivity contribution in [2.24, 2.45) is 4.99 Å². The van der Waals surface area contributed by atoms with Gasteiger partial charge in [-0.15, -0.1) is 5.06 Å². The Labute approximate surface area is 219 Å². The van der Waals surface area contributed by atoms with E-state index in [0.29, 0.717) is 25.9 Å². The fourth-order valence-corrected chi connectivity index (χ4v) is 5.41. The molecule has 1 aromatic carbocycles. The van der Waals surface area contributed by atoms with Crippen molar-refractivity contribution in [1.29, 1.82) is 0 Å².